The van der Waals surface area contributed by atoms with Crippen molar-refractivity contribution in [1.29, 1.82) is 0 Å². The van der Waals surface area contributed by atoms with Crippen molar-refractivity contribution < 1.29 is 9.53 Å². The van der Waals surface area contributed by atoms with Crippen molar-refractivity contribution in [1.82, 2.24) is 0 Å². The third-order valence-electron chi connectivity index (χ3n) is 3.23. The highest BCUT2D eigenvalue weighted by atomic mass is 32.2. The molecule has 0 bridgehead atoms. The molecule has 3 heteroatoms. The van der Waals surface area contributed by atoms with Crippen molar-refractivity contribution in [3.05, 3.63) is 65.7 Å². The monoisotopic (exact) mass is 326 g/mol. The largest absolute Gasteiger partial charge is 0.494 e. The predicted octanol–water partition coefficient (Wildman–Crippen LogP) is 5.48. The minimum Gasteiger partial charge on any atom is -0.494 e. The molecule has 2 nitrogen and oxygen atoms in total. The van der Waals surface area contributed by atoms with Crippen LogP contribution in [0.3, 0.4) is 0 Å². The SMILES string of the molecule is CCCSc1ccc(C(=O)/C=C/c2ccc(OCC)cc2)cc1. The van der Waals surface area contributed by atoms with Gasteiger partial charge in [0.1, 0.15) is 5.75 Å². The number of rotatable bonds is 8. The average Bonchev–Trinajstić information content (AvgIpc) is 2.60. The summed E-state index contributed by atoms with van der Waals surface area (Å²) in [5.41, 5.74) is 1.70. The molecular formula is C20H22O2S. The van der Waals surface area contributed by atoms with Gasteiger partial charge in [-0.3, -0.25) is 4.79 Å². The van der Waals surface area contributed by atoms with Gasteiger partial charge in [0.15, 0.2) is 5.78 Å². The Balaban J connectivity index is 1.97. The van der Waals surface area contributed by atoms with Crippen LogP contribution in [0.5, 0.6) is 5.75 Å². The van der Waals surface area contributed by atoms with E-state index in [0.29, 0.717) is 12.2 Å². The molecule has 0 heterocycles. The highest BCUT2D eigenvalue weighted by Crippen LogP contribution is 2.19. The van der Waals surface area contributed by atoms with E-state index < -0.39 is 0 Å². The second-order valence-corrected chi connectivity index (χ2v) is 6.24. The van der Waals surface area contributed by atoms with E-state index in [2.05, 4.69) is 6.92 Å². The zero-order chi connectivity index (χ0) is 16.5. The van der Waals surface area contributed by atoms with Crippen LogP contribution in [0.2, 0.25) is 0 Å². The Hall–Kier alpha value is -2.00. The Labute approximate surface area is 142 Å². The van der Waals surface area contributed by atoms with Crippen LogP contribution in [0, 0.1) is 0 Å². The fourth-order valence-electron chi connectivity index (χ4n) is 2.05. The Bertz CT molecular complexity index is 642. The number of benzene rings is 2. The van der Waals surface area contributed by atoms with Crippen molar-refractivity contribution in [2.24, 2.45) is 0 Å². The van der Waals surface area contributed by atoms with Gasteiger partial charge in [0.2, 0.25) is 0 Å². The zero-order valence-electron chi connectivity index (χ0n) is 13.6. The number of allylic oxidation sites excluding steroid dienone is 1. The summed E-state index contributed by atoms with van der Waals surface area (Å²) >= 11 is 1.82. The van der Waals surface area contributed by atoms with E-state index in [4.69, 9.17) is 4.74 Å². The lowest BCUT2D eigenvalue weighted by Crippen LogP contribution is -1.94. The van der Waals surface area contributed by atoms with Crippen LogP contribution < -0.4 is 4.74 Å². The second kappa shape index (κ2) is 9.21. The summed E-state index contributed by atoms with van der Waals surface area (Å²) in [6.07, 6.45) is 4.60. The number of carbonyl (C=O) groups excluding carboxylic acids is 1. The molecule has 0 spiro atoms. The smallest absolute Gasteiger partial charge is 0.185 e. The van der Waals surface area contributed by atoms with Crippen molar-refractivity contribution >= 4 is 23.6 Å². The molecule has 2 rings (SSSR count). The summed E-state index contributed by atoms with van der Waals surface area (Å²) in [5.74, 6) is 1.97. The molecule has 0 aromatic heterocycles. The van der Waals surface area contributed by atoms with E-state index in [1.807, 2.05) is 73.3 Å². The lowest BCUT2D eigenvalue weighted by Gasteiger charge is -2.02. The lowest BCUT2D eigenvalue weighted by molar-refractivity contribution is 0.104. The Morgan fingerprint density at radius 1 is 1.04 bits per heavy atom. The van der Waals surface area contributed by atoms with E-state index in [0.717, 1.165) is 23.5 Å². The topological polar surface area (TPSA) is 26.3 Å². The predicted molar refractivity (Wildman–Crippen MR) is 98.4 cm³/mol. The van der Waals surface area contributed by atoms with Crippen molar-refractivity contribution in [3.63, 3.8) is 0 Å². The van der Waals surface area contributed by atoms with E-state index in [1.54, 1.807) is 6.08 Å². The summed E-state index contributed by atoms with van der Waals surface area (Å²) in [6.45, 7) is 4.77. The summed E-state index contributed by atoms with van der Waals surface area (Å²) in [4.78, 5) is 13.4. The first-order valence-electron chi connectivity index (χ1n) is 7.91. The first kappa shape index (κ1) is 17.4. The van der Waals surface area contributed by atoms with Gasteiger partial charge in [0.25, 0.3) is 0 Å². The second-order valence-electron chi connectivity index (χ2n) is 5.07. The lowest BCUT2D eigenvalue weighted by atomic mass is 10.1. The average molecular weight is 326 g/mol. The molecule has 0 saturated heterocycles. The van der Waals surface area contributed by atoms with Crippen LogP contribution in [0.15, 0.2) is 59.5 Å². The highest BCUT2D eigenvalue weighted by molar-refractivity contribution is 7.99. The van der Waals surface area contributed by atoms with Gasteiger partial charge in [0, 0.05) is 10.5 Å². The Morgan fingerprint density at radius 2 is 1.74 bits per heavy atom. The summed E-state index contributed by atoms with van der Waals surface area (Å²) in [7, 11) is 0. The van der Waals surface area contributed by atoms with E-state index in [1.165, 1.54) is 4.90 Å². The maximum absolute atomic E-state index is 12.2. The molecule has 0 N–H and O–H groups in total. The number of hydrogen-bond donors (Lipinski definition) is 0. The maximum Gasteiger partial charge on any atom is 0.185 e. The minimum absolute atomic E-state index is 0.0194. The Kier molecular flexibility index (Phi) is 6.95. The first-order valence-corrected chi connectivity index (χ1v) is 8.89. The quantitative estimate of drug-likeness (QED) is 0.365. The molecule has 0 unspecified atom stereocenters. The van der Waals surface area contributed by atoms with Gasteiger partial charge in [-0.05, 0) is 67.1 Å². The van der Waals surface area contributed by atoms with Gasteiger partial charge >= 0.3 is 0 Å². The molecule has 0 fully saturated rings. The summed E-state index contributed by atoms with van der Waals surface area (Å²) < 4.78 is 5.40. The molecule has 2 aromatic rings. The van der Waals surface area contributed by atoms with E-state index in [9.17, 15) is 4.79 Å². The van der Waals surface area contributed by atoms with Gasteiger partial charge < -0.3 is 4.74 Å². The standard InChI is InChI=1S/C20H22O2S/c1-3-15-23-19-12-8-17(9-13-19)20(21)14-7-16-5-10-18(11-6-16)22-4-2/h5-14H,3-4,15H2,1-2H3/b14-7+. The molecule has 0 atom stereocenters. The summed E-state index contributed by atoms with van der Waals surface area (Å²) in [5, 5.41) is 0. The van der Waals surface area contributed by atoms with Crippen LogP contribution in [0.1, 0.15) is 36.2 Å². The number of carbonyl (C=O) groups is 1. The van der Waals surface area contributed by atoms with Gasteiger partial charge in [-0.2, -0.15) is 0 Å². The van der Waals surface area contributed by atoms with Crippen molar-refractivity contribution in [2.75, 3.05) is 12.4 Å². The van der Waals surface area contributed by atoms with Crippen LogP contribution in [0.25, 0.3) is 6.08 Å². The van der Waals surface area contributed by atoms with Gasteiger partial charge in [-0.1, -0.05) is 25.1 Å². The molecule has 0 amide bonds. The number of hydrogen-bond acceptors (Lipinski definition) is 3. The third kappa shape index (κ3) is 5.61. The summed E-state index contributed by atoms with van der Waals surface area (Å²) in [6, 6.07) is 15.5. The zero-order valence-corrected chi connectivity index (χ0v) is 14.4. The molecule has 2 aromatic carbocycles. The van der Waals surface area contributed by atoms with Crippen LogP contribution >= 0.6 is 11.8 Å². The first-order chi connectivity index (χ1) is 11.2. The molecule has 0 aliphatic carbocycles. The molecule has 0 saturated carbocycles. The third-order valence-corrected chi connectivity index (χ3v) is 4.45. The van der Waals surface area contributed by atoms with Gasteiger partial charge in [-0.15, -0.1) is 11.8 Å². The van der Waals surface area contributed by atoms with E-state index in [-0.39, 0.29) is 5.78 Å². The molecule has 0 aliphatic heterocycles. The minimum atomic E-state index is 0.0194. The van der Waals surface area contributed by atoms with Crippen LogP contribution in [-0.2, 0) is 0 Å². The van der Waals surface area contributed by atoms with Crippen molar-refractivity contribution in [2.45, 2.75) is 25.2 Å². The molecular weight excluding hydrogens is 304 g/mol. The maximum atomic E-state index is 12.2. The van der Waals surface area contributed by atoms with Gasteiger partial charge in [0.05, 0.1) is 6.61 Å². The number of ketones is 1. The molecule has 23 heavy (non-hydrogen) atoms. The van der Waals surface area contributed by atoms with E-state index >= 15 is 0 Å². The number of thioether (sulfide) groups is 1. The van der Waals surface area contributed by atoms with Crippen LogP contribution in [-0.4, -0.2) is 18.1 Å². The molecule has 0 aliphatic rings. The number of ether oxygens (including phenoxy) is 1. The normalized spacial score (nSPS) is 10.9. The van der Waals surface area contributed by atoms with Crippen molar-refractivity contribution in [3.8, 4) is 5.75 Å². The fraction of sp³-hybridized carbons (Fsp3) is 0.250. The highest BCUT2D eigenvalue weighted by Gasteiger charge is 2.02. The Morgan fingerprint density at radius 3 is 2.35 bits per heavy atom. The van der Waals surface area contributed by atoms with Crippen LogP contribution in [0.4, 0.5) is 0 Å². The fourth-order valence-corrected chi connectivity index (χ4v) is 2.81. The molecule has 0 radical (unpaired) electrons. The van der Waals surface area contributed by atoms with Gasteiger partial charge in [-0.25, -0.2) is 0 Å². The molecule has 120 valence electrons.